The van der Waals surface area contributed by atoms with Crippen molar-refractivity contribution in [3.05, 3.63) is 71.8 Å². The van der Waals surface area contributed by atoms with Gasteiger partial charge in [0.15, 0.2) is 0 Å². The number of nitrogens with one attached hydrogen (secondary N) is 2. The van der Waals surface area contributed by atoms with Gasteiger partial charge in [-0.05, 0) is 44.0 Å². The van der Waals surface area contributed by atoms with Gasteiger partial charge in [-0.25, -0.2) is 4.79 Å². The van der Waals surface area contributed by atoms with Gasteiger partial charge >= 0.3 is 5.97 Å². The van der Waals surface area contributed by atoms with Crippen LogP contribution < -0.4 is 10.6 Å². The normalized spacial score (nSPS) is 11.3. The second-order valence-corrected chi connectivity index (χ2v) is 5.91. The van der Waals surface area contributed by atoms with Gasteiger partial charge in [0.1, 0.15) is 6.04 Å². The molecule has 142 valence electrons. The maximum absolute atomic E-state index is 12.3. The van der Waals surface area contributed by atoms with E-state index in [0.29, 0.717) is 30.5 Å². The number of rotatable bonds is 9. The van der Waals surface area contributed by atoms with E-state index in [2.05, 4.69) is 10.6 Å². The molecule has 0 saturated heterocycles. The summed E-state index contributed by atoms with van der Waals surface area (Å²) < 4.78 is 5.05. The van der Waals surface area contributed by atoms with Crippen molar-refractivity contribution in [3.63, 3.8) is 0 Å². The first-order chi connectivity index (χ1) is 13.1. The van der Waals surface area contributed by atoms with Crippen molar-refractivity contribution in [3.8, 4) is 0 Å². The molecule has 0 aromatic heterocycles. The lowest BCUT2D eigenvalue weighted by Gasteiger charge is -2.17. The smallest absolute Gasteiger partial charge is 0.328 e. The summed E-state index contributed by atoms with van der Waals surface area (Å²) >= 11 is 0. The number of carbonyl (C=O) groups is 3. The number of carbonyl (C=O) groups excluding carboxylic acids is 3. The first-order valence-electron chi connectivity index (χ1n) is 8.97. The molecule has 0 aliphatic carbocycles. The average molecular weight is 368 g/mol. The molecule has 0 aliphatic rings. The molecule has 0 bridgehead atoms. The van der Waals surface area contributed by atoms with Gasteiger partial charge in [0, 0.05) is 17.7 Å². The highest BCUT2D eigenvalue weighted by molar-refractivity contribution is 5.96. The van der Waals surface area contributed by atoms with Gasteiger partial charge in [0.25, 0.3) is 11.8 Å². The van der Waals surface area contributed by atoms with E-state index < -0.39 is 12.0 Å². The van der Waals surface area contributed by atoms with Crippen LogP contribution in [0.3, 0.4) is 0 Å². The number of benzene rings is 2. The van der Waals surface area contributed by atoms with Gasteiger partial charge < -0.3 is 15.4 Å². The molecule has 2 rings (SSSR count). The maximum atomic E-state index is 12.3. The van der Waals surface area contributed by atoms with Crippen LogP contribution in [0.25, 0.3) is 0 Å². The second-order valence-electron chi connectivity index (χ2n) is 5.91. The highest BCUT2D eigenvalue weighted by Crippen LogP contribution is 2.05. The third kappa shape index (κ3) is 6.58. The van der Waals surface area contributed by atoms with Crippen molar-refractivity contribution in [2.75, 3.05) is 13.2 Å². The summed E-state index contributed by atoms with van der Waals surface area (Å²) in [5.41, 5.74) is 1.06. The molecule has 0 heterocycles. The average Bonchev–Trinajstić information content (AvgIpc) is 2.71. The lowest BCUT2D eigenvalue weighted by molar-refractivity contribution is -0.145. The van der Waals surface area contributed by atoms with E-state index in [1.54, 1.807) is 55.5 Å². The summed E-state index contributed by atoms with van der Waals surface area (Å²) in [6.45, 7) is 2.35. The standard InChI is InChI=1S/C21H24N2O4/c1-2-27-21(26)18(23-20(25)17-12-7-4-8-13-17)14-9-15-22-19(24)16-10-5-3-6-11-16/h3-8,10-13,18H,2,9,14-15H2,1H3,(H,22,24)(H,23,25)/t18-/m0/s1. The van der Waals surface area contributed by atoms with Crippen molar-refractivity contribution >= 4 is 17.8 Å². The Morgan fingerprint density at radius 2 is 1.44 bits per heavy atom. The number of hydrogen-bond acceptors (Lipinski definition) is 4. The quantitative estimate of drug-likeness (QED) is 0.526. The molecule has 0 radical (unpaired) electrons. The zero-order valence-corrected chi connectivity index (χ0v) is 15.3. The molecule has 0 aliphatic heterocycles. The molecule has 6 nitrogen and oxygen atoms in total. The van der Waals surface area contributed by atoms with E-state index in [-0.39, 0.29) is 18.4 Å². The SMILES string of the molecule is CCOC(=O)[C@H](CCCNC(=O)c1ccccc1)NC(=O)c1ccccc1. The van der Waals surface area contributed by atoms with Gasteiger partial charge in [-0.15, -0.1) is 0 Å². The Bertz CT molecular complexity index is 747. The van der Waals surface area contributed by atoms with E-state index in [4.69, 9.17) is 4.74 Å². The Hall–Kier alpha value is -3.15. The topological polar surface area (TPSA) is 84.5 Å². The summed E-state index contributed by atoms with van der Waals surface area (Å²) in [7, 11) is 0. The second kappa shape index (κ2) is 10.8. The number of amides is 2. The van der Waals surface area contributed by atoms with Gasteiger partial charge in [-0.1, -0.05) is 36.4 Å². The third-order valence-corrected chi connectivity index (χ3v) is 3.90. The van der Waals surface area contributed by atoms with Gasteiger partial charge in [-0.2, -0.15) is 0 Å². The summed E-state index contributed by atoms with van der Waals surface area (Å²) in [6, 6.07) is 16.8. The van der Waals surface area contributed by atoms with Crippen LogP contribution in [0.4, 0.5) is 0 Å². The molecule has 0 unspecified atom stereocenters. The Kier molecular flexibility index (Phi) is 8.03. The van der Waals surface area contributed by atoms with Gasteiger partial charge in [0.2, 0.25) is 0 Å². The summed E-state index contributed by atoms with van der Waals surface area (Å²) in [5, 5.41) is 5.52. The largest absolute Gasteiger partial charge is 0.464 e. The lowest BCUT2D eigenvalue weighted by atomic mass is 10.1. The number of esters is 1. The van der Waals surface area contributed by atoms with Crippen LogP contribution >= 0.6 is 0 Å². The Balaban J connectivity index is 1.86. The molecule has 1 atom stereocenters. The van der Waals surface area contributed by atoms with Gasteiger partial charge in [-0.3, -0.25) is 9.59 Å². The van der Waals surface area contributed by atoms with E-state index in [0.717, 1.165) is 0 Å². The van der Waals surface area contributed by atoms with E-state index in [1.807, 2.05) is 12.1 Å². The van der Waals surface area contributed by atoms with Crippen LogP contribution in [0.15, 0.2) is 60.7 Å². The molecule has 2 N–H and O–H groups in total. The van der Waals surface area contributed by atoms with E-state index >= 15 is 0 Å². The van der Waals surface area contributed by atoms with Crippen molar-refractivity contribution in [1.82, 2.24) is 10.6 Å². The maximum Gasteiger partial charge on any atom is 0.328 e. The molecule has 2 aromatic carbocycles. The highest BCUT2D eigenvalue weighted by Gasteiger charge is 2.22. The van der Waals surface area contributed by atoms with Crippen LogP contribution in [0.1, 0.15) is 40.5 Å². The molecular formula is C21H24N2O4. The van der Waals surface area contributed by atoms with E-state index in [1.165, 1.54) is 0 Å². The minimum absolute atomic E-state index is 0.170. The first kappa shape index (κ1) is 20.2. The van der Waals surface area contributed by atoms with Crippen LogP contribution in [0.2, 0.25) is 0 Å². The molecule has 6 heteroatoms. The zero-order valence-electron chi connectivity index (χ0n) is 15.3. The van der Waals surface area contributed by atoms with Crippen molar-refractivity contribution in [2.24, 2.45) is 0 Å². The van der Waals surface area contributed by atoms with Gasteiger partial charge in [0.05, 0.1) is 6.61 Å². The van der Waals surface area contributed by atoms with Crippen LogP contribution in [-0.4, -0.2) is 37.0 Å². The molecular weight excluding hydrogens is 344 g/mol. The first-order valence-corrected chi connectivity index (χ1v) is 8.97. The van der Waals surface area contributed by atoms with Crippen LogP contribution in [-0.2, 0) is 9.53 Å². The van der Waals surface area contributed by atoms with E-state index in [9.17, 15) is 14.4 Å². The minimum Gasteiger partial charge on any atom is -0.464 e. The Labute approximate surface area is 158 Å². The summed E-state index contributed by atoms with van der Waals surface area (Å²) in [5.74, 6) is -0.977. The van der Waals surface area contributed by atoms with Crippen LogP contribution in [0.5, 0.6) is 0 Å². The monoisotopic (exact) mass is 368 g/mol. The predicted molar refractivity (Wildman–Crippen MR) is 102 cm³/mol. The number of ether oxygens (including phenoxy) is 1. The predicted octanol–water partition coefficient (Wildman–Crippen LogP) is 2.56. The fourth-order valence-corrected chi connectivity index (χ4v) is 2.52. The summed E-state index contributed by atoms with van der Waals surface area (Å²) in [4.78, 5) is 36.5. The summed E-state index contributed by atoms with van der Waals surface area (Å²) in [6.07, 6.45) is 0.892. The molecule has 0 saturated carbocycles. The Morgan fingerprint density at radius 1 is 0.889 bits per heavy atom. The minimum atomic E-state index is -0.758. The third-order valence-electron chi connectivity index (χ3n) is 3.90. The molecule has 27 heavy (non-hydrogen) atoms. The number of hydrogen-bond donors (Lipinski definition) is 2. The van der Waals surface area contributed by atoms with Crippen LogP contribution in [0, 0.1) is 0 Å². The van der Waals surface area contributed by atoms with Crippen molar-refractivity contribution < 1.29 is 19.1 Å². The molecule has 0 fully saturated rings. The van der Waals surface area contributed by atoms with Crippen molar-refractivity contribution in [1.29, 1.82) is 0 Å². The highest BCUT2D eigenvalue weighted by atomic mass is 16.5. The fourth-order valence-electron chi connectivity index (χ4n) is 2.52. The molecule has 0 spiro atoms. The fraction of sp³-hybridized carbons (Fsp3) is 0.286. The van der Waals surface area contributed by atoms with Crippen molar-refractivity contribution in [2.45, 2.75) is 25.8 Å². The zero-order chi connectivity index (χ0) is 19.5. The lowest BCUT2D eigenvalue weighted by Crippen LogP contribution is -2.42. The Morgan fingerprint density at radius 3 is 2.00 bits per heavy atom. The molecule has 2 amide bonds. The molecule has 2 aromatic rings.